The molecule has 2 aromatic carbocycles. The highest BCUT2D eigenvalue weighted by Gasteiger charge is 2.10. The maximum absolute atomic E-state index is 10.0. The molecule has 0 aliphatic rings. The Balaban J connectivity index is 2.05. The third-order valence-corrected chi connectivity index (χ3v) is 2.87. The molecule has 2 rings (SSSR count). The standard InChI is InChI=1S/C15H12ClNO2/c16-13-6-3-5-11(8-13)14(18)10-19-15-7-2-1-4-12(15)9-17/h1-8,14,18H,10H2. The Kier molecular flexibility index (Phi) is 4.40. The van der Waals surface area contributed by atoms with Gasteiger partial charge in [-0.05, 0) is 29.8 Å². The van der Waals surface area contributed by atoms with Crippen LogP contribution in [-0.4, -0.2) is 11.7 Å². The predicted molar refractivity (Wildman–Crippen MR) is 73.1 cm³/mol. The molecular weight excluding hydrogens is 262 g/mol. The molecule has 4 heteroatoms. The third kappa shape index (κ3) is 3.47. The van der Waals surface area contributed by atoms with Crippen molar-refractivity contribution in [1.82, 2.24) is 0 Å². The van der Waals surface area contributed by atoms with Gasteiger partial charge < -0.3 is 9.84 Å². The van der Waals surface area contributed by atoms with Gasteiger partial charge in [-0.25, -0.2) is 0 Å². The maximum atomic E-state index is 10.0. The summed E-state index contributed by atoms with van der Waals surface area (Å²) in [6.45, 7) is 0.0685. The van der Waals surface area contributed by atoms with Crippen LogP contribution in [0.25, 0.3) is 0 Å². The zero-order valence-electron chi connectivity index (χ0n) is 10.1. The molecule has 2 aromatic rings. The first-order valence-corrected chi connectivity index (χ1v) is 6.14. The van der Waals surface area contributed by atoms with Crippen molar-refractivity contribution >= 4 is 11.6 Å². The summed E-state index contributed by atoms with van der Waals surface area (Å²) >= 11 is 5.86. The quantitative estimate of drug-likeness (QED) is 0.930. The lowest BCUT2D eigenvalue weighted by Gasteiger charge is -2.13. The smallest absolute Gasteiger partial charge is 0.137 e. The van der Waals surface area contributed by atoms with E-state index in [0.717, 1.165) is 0 Å². The Morgan fingerprint density at radius 1 is 1.21 bits per heavy atom. The molecule has 3 nitrogen and oxygen atoms in total. The second-order valence-electron chi connectivity index (χ2n) is 3.99. The number of nitrogens with zero attached hydrogens (tertiary/aromatic N) is 1. The molecular formula is C15H12ClNO2. The lowest BCUT2D eigenvalue weighted by molar-refractivity contribution is 0.108. The van der Waals surface area contributed by atoms with E-state index in [2.05, 4.69) is 0 Å². The van der Waals surface area contributed by atoms with Gasteiger partial charge >= 0.3 is 0 Å². The Morgan fingerprint density at radius 2 is 2.00 bits per heavy atom. The van der Waals surface area contributed by atoms with Crippen LogP contribution in [-0.2, 0) is 0 Å². The first-order chi connectivity index (χ1) is 9.20. The highest BCUT2D eigenvalue weighted by Crippen LogP contribution is 2.21. The van der Waals surface area contributed by atoms with E-state index in [1.807, 2.05) is 6.07 Å². The van der Waals surface area contributed by atoms with E-state index in [9.17, 15) is 5.11 Å². The van der Waals surface area contributed by atoms with Gasteiger partial charge in [-0.2, -0.15) is 5.26 Å². The van der Waals surface area contributed by atoms with Crippen LogP contribution in [0, 0.1) is 11.3 Å². The molecule has 0 fully saturated rings. The molecule has 96 valence electrons. The third-order valence-electron chi connectivity index (χ3n) is 2.64. The number of benzene rings is 2. The van der Waals surface area contributed by atoms with Crippen LogP contribution >= 0.6 is 11.6 Å². The molecule has 19 heavy (non-hydrogen) atoms. The number of hydrogen-bond donors (Lipinski definition) is 1. The Hall–Kier alpha value is -2.02. The summed E-state index contributed by atoms with van der Waals surface area (Å²) in [6, 6.07) is 15.9. The summed E-state index contributed by atoms with van der Waals surface area (Å²) in [5.74, 6) is 0.464. The van der Waals surface area contributed by atoms with Gasteiger partial charge in [0.2, 0.25) is 0 Å². The van der Waals surface area contributed by atoms with E-state index in [4.69, 9.17) is 21.6 Å². The summed E-state index contributed by atoms with van der Waals surface area (Å²) in [4.78, 5) is 0. The minimum atomic E-state index is -0.787. The van der Waals surface area contributed by atoms with Gasteiger partial charge in [-0.3, -0.25) is 0 Å². The molecule has 0 bridgehead atoms. The highest BCUT2D eigenvalue weighted by atomic mass is 35.5. The zero-order chi connectivity index (χ0) is 13.7. The molecule has 0 aliphatic heterocycles. The van der Waals surface area contributed by atoms with Crippen molar-refractivity contribution in [3.63, 3.8) is 0 Å². The highest BCUT2D eigenvalue weighted by molar-refractivity contribution is 6.30. The molecule has 1 atom stereocenters. The first-order valence-electron chi connectivity index (χ1n) is 5.76. The summed E-state index contributed by atoms with van der Waals surface area (Å²) in [5.41, 5.74) is 1.13. The average Bonchev–Trinajstić information content (AvgIpc) is 2.45. The van der Waals surface area contributed by atoms with Gasteiger partial charge in [0.05, 0.1) is 5.56 Å². The van der Waals surface area contributed by atoms with Crippen LogP contribution in [0.4, 0.5) is 0 Å². The van der Waals surface area contributed by atoms with Gasteiger partial charge in [-0.1, -0.05) is 35.9 Å². The predicted octanol–water partition coefficient (Wildman–Crippen LogP) is 3.32. The fourth-order valence-electron chi connectivity index (χ4n) is 1.66. The second-order valence-corrected chi connectivity index (χ2v) is 4.43. The van der Waals surface area contributed by atoms with Crippen LogP contribution in [0.3, 0.4) is 0 Å². The fourth-order valence-corrected chi connectivity index (χ4v) is 1.86. The van der Waals surface area contributed by atoms with E-state index in [-0.39, 0.29) is 6.61 Å². The minimum Gasteiger partial charge on any atom is -0.489 e. The average molecular weight is 274 g/mol. The number of rotatable bonds is 4. The summed E-state index contributed by atoms with van der Waals surface area (Å²) in [7, 11) is 0. The Morgan fingerprint density at radius 3 is 2.74 bits per heavy atom. The molecule has 0 heterocycles. The first kappa shape index (κ1) is 13.4. The van der Waals surface area contributed by atoms with Crippen LogP contribution in [0.5, 0.6) is 5.75 Å². The Bertz CT molecular complexity index is 607. The van der Waals surface area contributed by atoms with Crippen molar-refractivity contribution in [2.75, 3.05) is 6.61 Å². The van der Waals surface area contributed by atoms with Crippen LogP contribution in [0.1, 0.15) is 17.2 Å². The van der Waals surface area contributed by atoms with Gasteiger partial charge in [0, 0.05) is 5.02 Å². The number of aliphatic hydroxyl groups excluding tert-OH is 1. The van der Waals surface area contributed by atoms with E-state index >= 15 is 0 Å². The van der Waals surface area contributed by atoms with Crippen molar-refractivity contribution in [2.45, 2.75) is 6.10 Å². The van der Waals surface area contributed by atoms with E-state index in [0.29, 0.717) is 21.9 Å². The molecule has 0 spiro atoms. The molecule has 0 saturated carbocycles. The van der Waals surface area contributed by atoms with E-state index < -0.39 is 6.10 Å². The molecule has 0 aromatic heterocycles. The number of aliphatic hydroxyl groups is 1. The maximum Gasteiger partial charge on any atom is 0.137 e. The number of para-hydroxylation sites is 1. The van der Waals surface area contributed by atoms with Crippen molar-refractivity contribution in [2.24, 2.45) is 0 Å². The lowest BCUT2D eigenvalue weighted by Crippen LogP contribution is -2.10. The van der Waals surface area contributed by atoms with Crippen molar-refractivity contribution in [3.05, 3.63) is 64.7 Å². The number of ether oxygens (including phenoxy) is 1. The van der Waals surface area contributed by atoms with E-state index in [1.165, 1.54) is 0 Å². The van der Waals surface area contributed by atoms with Crippen molar-refractivity contribution < 1.29 is 9.84 Å². The monoisotopic (exact) mass is 273 g/mol. The number of hydrogen-bond acceptors (Lipinski definition) is 3. The molecule has 0 amide bonds. The molecule has 0 saturated heterocycles. The topological polar surface area (TPSA) is 53.2 Å². The molecule has 0 radical (unpaired) electrons. The summed E-state index contributed by atoms with van der Waals surface area (Å²) < 4.78 is 5.47. The van der Waals surface area contributed by atoms with Gasteiger partial charge in [0.1, 0.15) is 24.5 Å². The van der Waals surface area contributed by atoms with Gasteiger partial charge in [0.25, 0.3) is 0 Å². The van der Waals surface area contributed by atoms with Crippen LogP contribution < -0.4 is 4.74 Å². The number of halogens is 1. The fraction of sp³-hybridized carbons (Fsp3) is 0.133. The molecule has 1 unspecified atom stereocenters. The molecule has 1 N–H and O–H groups in total. The largest absolute Gasteiger partial charge is 0.489 e. The SMILES string of the molecule is N#Cc1ccccc1OCC(O)c1cccc(Cl)c1. The second kappa shape index (κ2) is 6.24. The zero-order valence-corrected chi connectivity index (χ0v) is 10.8. The van der Waals surface area contributed by atoms with Crippen molar-refractivity contribution in [3.8, 4) is 11.8 Å². The van der Waals surface area contributed by atoms with Crippen LogP contribution in [0.2, 0.25) is 5.02 Å². The van der Waals surface area contributed by atoms with Gasteiger partial charge in [-0.15, -0.1) is 0 Å². The minimum absolute atomic E-state index is 0.0685. The summed E-state index contributed by atoms with van der Waals surface area (Å²) in [5, 5.41) is 19.5. The van der Waals surface area contributed by atoms with Gasteiger partial charge in [0.15, 0.2) is 0 Å². The van der Waals surface area contributed by atoms with E-state index in [1.54, 1.807) is 48.5 Å². The number of nitriles is 1. The molecule has 0 aliphatic carbocycles. The van der Waals surface area contributed by atoms with Crippen LogP contribution in [0.15, 0.2) is 48.5 Å². The normalized spacial score (nSPS) is 11.6. The summed E-state index contributed by atoms with van der Waals surface area (Å²) in [6.07, 6.45) is -0.787. The lowest BCUT2D eigenvalue weighted by atomic mass is 10.1. The Labute approximate surface area is 116 Å². The van der Waals surface area contributed by atoms with Crippen molar-refractivity contribution in [1.29, 1.82) is 5.26 Å².